The van der Waals surface area contributed by atoms with Crippen LogP contribution in [0.4, 0.5) is 0 Å². The lowest BCUT2D eigenvalue weighted by Gasteiger charge is -2.26. The minimum absolute atomic E-state index is 0.0158. The molecule has 1 saturated heterocycles. The summed E-state index contributed by atoms with van der Waals surface area (Å²) in [6.45, 7) is 1.21. The fourth-order valence-corrected chi connectivity index (χ4v) is 3.33. The van der Waals surface area contributed by atoms with E-state index < -0.39 is 6.10 Å². The zero-order valence-corrected chi connectivity index (χ0v) is 13.9. The summed E-state index contributed by atoms with van der Waals surface area (Å²) in [4.78, 5) is 14.7. The van der Waals surface area contributed by atoms with Crippen LogP contribution in [-0.2, 0) is 11.3 Å². The van der Waals surface area contributed by atoms with Crippen molar-refractivity contribution in [2.45, 2.75) is 38.0 Å². The average molecular weight is 329 g/mol. The van der Waals surface area contributed by atoms with E-state index >= 15 is 0 Å². The van der Waals surface area contributed by atoms with Crippen LogP contribution in [0.3, 0.4) is 0 Å². The number of aliphatic hydroxyl groups excluding tert-OH is 1. The highest BCUT2D eigenvalue weighted by atomic mass is 16.5. The quantitative estimate of drug-likeness (QED) is 0.884. The number of hydrogen-bond donors (Lipinski definition) is 1. The van der Waals surface area contributed by atoms with Crippen LogP contribution >= 0.6 is 0 Å². The molecule has 1 N–H and O–H groups in total. The first kappa shape index (κ1) is 16.7. The Morgan fingerprint density at radius 1 is 1.42 bits per heavy atom. The number of benzene rings is 1. The predicted molar refractivity (Wildman–Crippen MR) is 89.5 cm³/mol. The van der Waals surface area contributed by atoms with Gasteiger partial charge in [-0.25, -0.2) is 0 Å². The molecular weight excluding hydrogens is 306 g/mol. The van der Waals surface area contributed by atoms with Crippen molar-refractivity contribution in [3.05, 3.63) is 59.5 Å². The van der Waals surface area contributed by atoms with Gasteiger partial charge in [-0.2, -0.15) is 0 Å². The highest BCUT2D eigenvalue weighted by molar-refractivity contribution is 5.94. The van der Waals surface area contributed by atoms with Gasteiger partial charge in [-0.3, -0.25) is 4.79 Å². The summed E-state index contributed by atoms with van der Waals surface area (Å²) in [5, 5.41) is 10.3. The maximum absolute atomic E-state index is 12.9. The van der Waals surface area contributed by atoms with Crippen molar-refractivity contribution in [2.24, 2.45) is 0 Å². The van der Waals surface area contributed by atoms with Crippen LogP contribution in [0.25, 0.3) is 0 Å². The zero-order valence-electron chi connectivity index (χ0n) is 13.9. The molecule has 0 spiro atoms. The molecular formula is C19H23NO4. The van der Waals surface area contributed by atoms with Gasteiger partial charge in [0.1, 0.15) is 11.9 Å². The fourth-order valence-electron chi connectivity index (χ4n) is 3.33. The first-order chi connectivity index (χ1) is 11.7. The summed E-state index contributed by atoms with van der Waals surface area (Å²) in [7, 11) is 1.64. The van der Waals surface area contributed by atoms with E-state index in [2.05, 4.69) is 0 Å². The van der Waals surface area contributed by atoms with E-state index in [0.29, 0.717) is 24.4 Å². The van der Waals surface area contributed by atoms with Crippen molar-refractivity contribution in [2.75, 3.05) is 13.7 Å². The number of methoxy groups -OCH3 is 1. The number of amides is 1. The number of carbonyl (C=O) groups is 1. The first-order valence-electron chi connectivity index (χ1n) is 8.29. The molecule has 3 rings (SSSR count). The lowest BCUT2D eigenvalue weighted by molar-refractivity contribution is 0.0641. The molecule has 0 bridgehead atoms. The second kappa shape index (κ2) is 7.64. The van der Waals surface area contributed by atoms with Gasteiger partial charge in [0.05, 0.1) is 12.9 Å². The Bertz CT molecular complexity index is 668. The van der Waals surface area contributed by atoms with Crippen molar-refractivity contribution in [1.29, 1.82) is 0 Å². The summed E-state index contributed by atoms with van der Waals surface area (Å²) < 4.78 is 10.4. The number of furan rings is 1. The van der Waals surface area contributed by atoms with Gasteiger partial charge >= 0.3 is 0 Å². The van der Waals surface area contributed by atoms with E-state index in [1.54, 1.807) is 25.5 Å². The molecule has 0 radical (unpaired) electrons. The first-order valence-corrected chi connectivity index (χ1v) is 8.29. The third-order valence-corrected chi connectivity index (χ3v) is 4.49. The molecule has 24 heavy (non-hydrogen) atoms. The van der Waals surface area contributed by atoms with Crippen LogP contribution < -0.4 is 0 Å². The zero-order chi connectivity index (χ0) is 16.9. The van der Waals surface area contributed by atoms with Crippen molar-refractivity contribution < 1.29 is 19.1 Å². The largest absolute Gasteiger partial charge is 0.467 e. The molecule has 5 heteroatoms. The van der Waals surface area contributed by atoms with Crippen LogP contribution in [0, 0.1) is 0 Å². The highest BCUT2D eigenvalue weighted by Crippen LogP contribution is 2.29. The Kier molecular flexibility index (Phi) is 5.33. The number of carbonyl (C=O) groups excluding carboxylic acids is 1. The summed E-state index contributed by atoms with van der Waals surface area (Å²) in [5.74, 6) is 0.568. The van der Waals surface area contributed by atoms with Crippen molar-refractivity contribution in [1.82, 2.24) is 4.90 Å². The molecule has 128 valence electrons. The van der Waals surface area contributed by atoms with Crippen molar-refractivity contribution >= 4 is 5.91 Å². The Labute approximate surface area is 141 Å². The minimum atomic E-state index is -0.682. The van der Waals surface area contributed by atoms with Gasteiger partial charge in [0, 0.05) is 31.7 Å². The molecule has 1 aromatic heterocycles. The third-order valence-electron chi connectivity index (χ3n) is 4.49. The van der Waals surface area contributed by atoms with Crippen molar-refractivity contribution in [3.63, 3.8) is 0 Å². The topological polar surface area (TPSA) is 62.9 Å². The van der Waals surface area contributed by atoms with Gasteiger partial charge in [0.25, 0.3) is 5.91 Å². The fraction of sp³-hybridized carbons (Fsp3) is 0.421. The van der Waals surface area contributed by atoms with Crippen LogP contribution in [0.2, 0.25) is 0 Å². The Hall–Kier alpha value is -2.11. The molecule has 5 nitrogen and oxygen atoms in total. The number of aliphatic hydroxyl groups is 1. The number of hydrogen-bond acceptors (Lipinski definition) is 4. The van der Waals surface area contributed by atoms with E-state index in [1.807, 2.05) is 29.2 Å². The van der Waals surface area contributed by atoms with Gasteiger partial charge in [-0.05, 0) is 42.7 Å². The van der Waals surface area contributed by atoms with Crippen LogP contribution in [0.15, 0.2) is 47.1 Å². The summed E-state index contributed by atoms with van der Waals surface area (Å²) >= 11 is 0. The number of nitrogens with zero attached hydrogens (tertiary/aromatic N) is 1. The van der Waals surface area contributed by atoms with Crippen LogP contribution in [0.5, 0.6) is 0 Å². The van der Waals surface area contributed by atoms with Gasteiger partial charge in [-0.1, -0.05) is 12.1 Å². The molecule has 1 aliphatic rings. The lowest BCUT2D eigenvalue weighted by atomic mass is 10.0. The normalized spacial score (nSPS) is 18.8. The molecule has 1 fully saturated rings. The molecule has 1 aliphatic heterocycles. The Morgan fingerprint density at radius 2 is 2.29 bits per heavy atom. The molecule has 2 heterocycles. The molecule has 2 aromatic rings. The van der Waals surface area contributed by atoms with Gasteiger partial charge < -0.3 is 19.2 Å². The summed E-state index contributed by atoms with van der Waals surface area (Å²) in [6, 6.07) is 11.1. The SMILES string of the molecule is COCc1cccc(C(=O)N2CCCC2CC(O)c2ccco2)c1. The van der Waals surface area contributed by atoms with Crippen molar-refractivity contribution in [3.8, 4) is 0 Å². The second-order valence-electron chi connectivity index (χ2n) is 6.19. The number of ether oxygens (including phenoxy) is 1. The van der Waals surface area contributed by atoms with E-state index in [4.69, 9.17) is 9.15 Å². The average Bonchev–Trinajstić information content (AvgIpc) is 3.26. The maximum atomic E-state index is 12.9. The molecule has 1 amide bonds. The number of rotatable bonds is 6. The molecule has 1 aromatic carbocycles. The second-order valence-corrected chi connectivity index (χ2v) is 6.19. The third kappa shape index (κ3) is 3.68. The van der Waals surface area contributed by atoms with E-state index in [-0.39, 0.29) is 11.9 Å². The maximum Gasteiger partial charge on any atom is 0.254 e. The van der Waals surface area contributed by atoms with E-state index in [1.165, 1.54) is 0 Å². The van der Waals surface area contributed by atoms with E-state index in [0.717, 1.165) is 24.9 Å². The number of likely N-dealkylation sites (tertiary alicyclic amines) is 1. The lowest BCUT2D eigenvalue weighted by Crippen LogP contribution is -2.36. The Morgan fingerprint density at radius 3 is 3.04 bits per heavy atom. The van der Waals surface area contributed by atoms with Crippen LogP contribution in [-0.4, -0.2) is 35.6 Å². The smallest absolute Gasteiger partial charge is 0.254 e. The van der Waals surface area contributed by atoms with Crippen LogP contribution in [0.1, 0.15) is 47.0 Å². The van der Waals surface area contributed by atoms with Gasteiger partial charge in [-0.15, -0.1) is 0 Å². The monoisotopic (exact) mass is 329 g/mol. The molecule has 0 aliphatic carbocycles. The minimum Gasteiger partial charge on any atom is -0.467 e. The van der Waals surface area contributed by atoms with E-state index in [9.17, 15) is 9.90 Å². The molecule has 2 unspecified atom stereocenters. The Balaban J connectivity index is 1.70. The summed E-state index contributed by atoms with van der Waals surface area (Å²) in [6.07, 6.45) is 3.23. The van der Waals surface area contributed by atoms with Gasteiger partial charge in [0.15, 0.2) is 0 Å². The van der Waals surface area contributed by atoms with Gasteiger partial charge in [0.2, 0.25) is 0 Å². The molecule has 0 saturated carbocycles. The highest BCUT2D eigenvalue weighted by Gasteiger charge is 2.31. The predicted octanol–water partition coefficient (Wildman–Crippen LogP) is 3.15. The molecule has 2 atom stereocenters. The summed E-state index contributed by atoms with van der Waals surface area (Å²) in [5.41, 5.74) is 1.65. The standard InChI is InChI=1S/C19H23NO4/c1-23-13-14-5-2-6-15(11-14)19(22)20-9-3-7-16(20)12-17(21)18-8-4-10-24-18/h2,4-6,8,10-11,16-17,21H,3,7,9,12-13H2,1H3.